The number of likely N-dealkylation sites (tertiary alicyclic amines) is 1. The van der Waals surface area contributed by atoms with Crippen LogP contribution in [0.3, 0.4) is 0 Å². The molecule has 6 heteroatoms. The summed E-state index contributed by atoms with van der Waals surface area (Å²) in [6, 6.07) is 13.5. The Bertz CT molecular complexity index is 995. The summed E-state index contributed by atoms with van der Waals surface area (Å²) in [4.78, 5) is 27.5. The summed E-state index contributed by atoms with van der Waals surface area (Å²) in [7, 11) is 1.50. The molecule has 0 spiro atoms. The molecule has 0 saturated carbocycles. The van der Waals surface area contributed by atoms with E-state index in [0.29, 0.717) is 29.2 Å². The first kappa shape index (κ1) is 22.4. The highest BCUT2D eigenvalue weighted by atomic mass is 16.5. The molecular formula is C25H29NO5. The number of aliphatic hydroxyl groups is 1. The second-order valence-corrected chi connectivity index (χ2v) is 7.79. The van der Waals surface area contributed by atoms with Gasteiger partial charge in [0.05, 0.1) is 30.4 Å². The third kappa shape index (κ3) is 4.58. The number of nitrogens with zero attached hydrogens (tertiary/aromatic N) is 1. The predicted molar refractivity (Wildman–Crippen MR) is 119 cm³/mol. The first-order valence-electron chi connectivity index (χ1n) is 10.6. The Morgan fingerprint density at radius 3 is 2.55 bits per heavy atom. The Morgan fingerprint density at radius 1 is 1.13 bits per heavy atom. The summed E-state index contributed by atoms with van der Waals surface area (Å²) in [5.41, 5.74) is 1.15. The lowest BCUT2D eigenvalue weighted by atomic mass is 9.94. The molecule has 1 saturated heterocycles. The number of para-hydroxylation sites is 1. The van der Waals surface area contributed by atoms with Crippen molar-refractivity contribution in [3.8, 4) is 11.5 Å². The summed E-state index contributed by atoms with van der Waals surface area (Å²) >= 11 is 0. The van der Waals surface area contributed by atoms with Crippen molar-refractivity contribution in [3.63, 3.8) is 0 Å². The van der Waals surface area contributed by atoms with E-state index in [1.165, 1.54) is 7.11 Å². The Hall–Kier alpha value is -3.28. The largest absolute Gasteiger partial charge is 0.507 e. The Labute approximate surface area is 183 Å². The maximum atomic E-state index is 13.1. The van der Waals surface area contributed by atoms with Crippen LogP contribution < -0.4 is 9.47 Å². The van der Waals surface area contributed by atoms with Crippen molar-refractivity contribution in [2.75, 3.05) is 13.7 Å². The Kier molecular flexibility index (Phi) is 7.00. The molecular weight excluding hydrogens is 394 g/mol. The fourth-order valence-corrected chi connectivity index (χ4v) is 3.80. The fourth-order valence-electron chi connectivity index (χ4n) is 3.80. The van der Waals surface area contributed by atoms with Gasteiger partial charge in [-0.1, -0.05) is 37.6 Å². The lowest BCUT2D eigenvalue weighted by Crippen LogP contribution is -2.30. The Morgan fingerprint density at radius 2 is 1.87 bits per heavy atom. The lowest BCUT2D eigenvalue weighted by molar-refractivity contribution is -0.139. The monoisotopic (exact) mass is 423 g/mol. The summed E-state index contributed by atoms with van der Waals surface area (Å²) in [6.07, 6.45) is 1.61. The number of aliphatic hydroxyl groups excluding tert-OH is 1. The third-order valence-corrected chi connectivity index (χ3v) is 5.20. The van der Waals surface area contributed by atoms with Gasteiger partial charge in [-0.15, -0.1) is 0 Å². The van der Waals surface area contributed by atoms with Crippen molar-refractivity contribution in [2.24, 2.45) is 0 Å². The molecule has 1 atom stereocenters. The molecule has 164 valence electrons. The predicted octanol–water partition coefficient (Wildman–Crippen LogP) is 4.70. The van der Waals surface area contributed by atoms with Gasteiger partial charge in [-0.25, -0.2) is 0 Å². The number of ketones is 1. The van der Waals surface area contributed by atoms with Gasteiger partial charge in [0.2, 0.25) is 0 Å². The third-order valence-electron chi connectivity index (χ3n) is 5.20. The highest BCUT2D eigenvalue weighted by Gasteiger charge is 2.46. The van der Waals surface area contributed by atoms with Gasteiger partial charge in [0.15, 0.2) is 0 Å². The highest BCUT2D eigenvalue weighted by Crippen LogP contribution is 2.41. The molecule has 1 N–H and O–H groups in total. The van der Waals surface area contributed by atoms with Crippen LogP contribution in [0, 0.1) is 0 Å². The number of ether oxygens (including phenoxy) is 2. The standard InChI is InChI=1S/C25H29NO5/c1-5-6-14-26-22(17-10-9-11-18(15-17)31-16(2)3)21(24(28)25(26)29)23(27)19-12-7-8-13-20(19)30-4/h7-13,15-16,22,27H,5-6,14H2,1-4H3/b23-21-. The van der Waals surface area contributed by atoms with Crippen LogP contribution in [0.25, 0.3) is 5.76 Å². The zero-order chi connectivity index (χ0) is 22.5. The van der Waals surface area contributed by atoms with Gasteiger partial charge < -0.3 is 19.5 Å². The normalized spacial score (nSPS) is 18.0. The van der Waals surface area contributed by atoms with E-state index in [1.807, 2.05) is 45.0 Å². The van der Waals surface area contributed by atoms with Gasteiger partial charge in [0.1, 0.15) is 17.3 Å². The van der Waals surface area contributed by atoms with Crippen molar-refractivity contribution in [1.82, 2.24) is 4.90 Å². The topological polar surface area (TPSA) is 76.1 Å². The van der Waals surface area contributed by atoms with Crippen LogP contribution in [-0.2, 0) is 9.59 Å². The van der Waals surface area contributed by atoms with Crippen molar-refractivity contribution in [3.05, 3.63) is 65.2 Å². The first-order chi connectivity index (χ1) is 14.9. The molecule has 31 heavy (non-hydrogen) atoms. The number of Topliss-reactive ketones (excluding diaryl/α,β-unsaturated/α-hetero) is 1. The number of unbranched alkanes of at least 4 members (excludes halogenated alkanes) is 1. The molecule has 0 aromatic heterocycles. The second kappa shape index (κ2) is 9.69. The quantitative estimate of drug-likeness (QED) is 0.378. The van der Waals surface area contributed by atoms with Crippen molar-refractivity contribution in [2.45, 2.75) is 45.8 Å². The first-order valence-corrected chi connectivity index (χ1v) is 10.6. The number of hydrogen-bond donors (Lipinski definition) is 1. The molecule has 6 nitrogen and oxygen atoms in total. The molecule has 0 bridgehead atoms. The molecule has 0 aliphatic carbocycles. The molecule has 1 aliphatic rings. The minimum atomic E-state index is -0.702. The molecule has 2 aromatic rings. The van der Waals surface area contributed by atoms with Crippen LogP contribution >= 0.6 is 0 Å². The summed E-state index contributed by atoms with van der Waals surface area (Å²) in [5.74, 6) is -0.471. The fraction of sp³-hybridized carbons (Fsp3) is 0.360. The highest BCUT2D eigenvalue weighted by molar-refractivity contribution is 6.46. The van der Waals surface area contributed by atoms with Crippen LogP contribution in [0.2, 0.25) is 0 Å². The number of methoxy groups -OCH3 is 1. The number of hydrogen-bond acceptors (Lipinski definition) is 5. The zero-order valence-corrected chi connectivity index (χ0v) is 18.4. The maximum absolute atomic E-state index is 13.1. The number of carbonyl (C=O) groups is 2. The molecule has 1 amide bonds. The van der Waals surface area contributed by atoms with Gasteiger partial charge in [0, 0.05) is 6.54 Å². The average molecular weight is 424 g/mol. The van der Waals surface area contributed by atoms with Crippen LogP contribution in [0.15, 0.2) is 54.1 Å². The van der Waals surface area contributed by atoms with E-state index in [0.717, 1.165) is 12.8 Å². The molecule has 1 unspecified atom stereocenters. The van der Waals surface area contributed by atoms with Gasteiger partial charge in [-0.2, -0.15) is 0 Å². The van der Waals surface area contributed by atoms with Gasteiger partial charge in [0.25, 0.3) is 11.7 Å². The number of rotatable bonds is 8. The number of amides is 1. The molecule has 2 aromatic carbocycles. The van der Waals surface area contributed by atoms with E-state index in [-0.39, 0.29) is 17.4 Å². The molecule has 1 aliphatic heterocycles. The van der Waals surface area contributed by atoms with Crippen LogP contribution in [0.4, 0.5) is 0 Å². The SMILES string of the molecule is CCCCN1C(=O)C(=O)/C(=C(\O)c2ccccc2OC)C1c1cccc(OC(C)C)c1. The minimum Gasteiger partial charge on any atom is -0.507 e. The summed E-state index contributed by atoms with van der Waals surface area (Å²) < 4.78 is 11.2. The van der Waals surface area contributed by atoms with Crippen LogP contribution in [-0.4, -0.2) is 41.5 Å². The minimum absolute atomic E-state index is 0.0183. The van der Waals surface area contributed by atoms with Gasteiger partial charge in [-0.05, 0) is 50.1 Å². The lowest BCUT2D eigenvalue weighted by Gasteiger charge is -2.26. The summed E-state index contributed by atoms with van der Waals surface area (Å²) in [6.45, 7) is 6.31. The number of benzene rings is 2. The molecule has 1 fully saturated rings. The van der Waals surface area contributed by atoms with E-state index in [2.05, 4.69) is 0 Å². The van der Waals surface area contributed by atoms with E-state index in [9.17, 15) is 14.7 Å². The van der Waals surface area contributed by atoms with E-state index >= 15 is 0 Å². The van der Waals surface area contributed by atoms with Gasteiger partial charge in [-0.3, -0.25) is 9.59 Å². The van der Waals surface area contributed by atoms with Crippen LogP contribution in [0.1, 0.15) is 50.8 Å². The van der Waals surface area contributed by atoms with Crippen molar-refractivity contribution < 1.29 is 24.2 Å². The van der Waals surface area contributed by atoms with Crippen molar-refractivity contribution in [1.29, 1.82) is 0 Å². The Balaban J connectivity index is 2.18. The van der Waals surface area contributed by atoms with E-state index < -0.39 is 17.7 Å². The molecule has 3 rings (SSSR count). The van der Waals surface area contributed by atoms with Gasteiger partial charge >= 0.3 is 0 Å². The van der Waals surface area contributed by atoms with E-state index in [4.69, 9.17) is 9.47 Å². The maximum Gasteiger partial charge on any atom is 0.295 e. The average Bonchev–Trinajstić information content (AvgIpc) is 3.01. The zero-order valence-electron chi connectivity index (χ0n) is 18.4. The smallest absolute Gasteiger partial charge is 0.295 e. The molecule has 1 heterocycles. The number of carbonyl (C=O) groups excluding carboxylic acids is 2. The summed E-state index contributed by atoms with van der Waals surface area (Å²) in [5, 5.41) is 11.2. The van der Waals surface area contributed by atoms with Crippen LogP contribution in [0.5, 0.6) is 11.5 Å². The van der Waals surface area contributed by atoms with E-state index in [1.54, 1.807) is 29.2 Å². The second-order valence-electron chi connectivity index (χ2n) is 7.79. The van der Waals surface area contributed by atoms with Crippen molar-refractivity contribution >= 4 is 17.4 Å². The molecule has 0 radical (unpaired) electrons.